The summed E-state index contributed by atoms with van der Waals surface area (Å²) < 4.78 is 0. The molecule has 1 aliphatic rings. The lowest BCUT2D eigenvalue weighted by Crippen LogP contribution is -2.38. The fraction of sp³-hybridized carbons (Fsp3) is 0.588. The first kappa shape index (κ1) is 15.8. The molecule has 0 amide bonds. The van der Waals surface area contributed by atoms with Crippen LogP contribution in [0.1, 0.15) is 58.4 Å². The maximum atomic E-state index is 5.65. The van der Waals surface area contributed by atoms with E-state index in [4.69, 9.17) is 10.8 Å². The second-order valence-electron chi connectivity index (χ2n) is 6.83. The summed E-state index contributed by atoms with van der Waals surface area (Å²) in [6, 6.07) is 8.72. The van der Waals surface area contributed by atoms with E-state index in [1.807, 2.05) is 6.07 Å². The van der Waals surface area contributed by atoms with Gasteiger partial charge >= 0.3 is 0 Å². The van der Waals surface area contributed by atoms with Gasteiger partial charge in [-0.15, -0.1) is 0 Å². The third-order valence-electron chi connectivity index (χ3n) is 4.01. The Morgan fingerprint density at radius 2 is 1.81 bits per heavy atom. The van der Waals surface area contributed by atoms with Gasteiger partial charge in [0.25, 0.3) is 0 Å². The molecule has 1 aromatic carbocycles. The molecule has 4 N–H and O–H groups in total. The molecule has 0 aliphatic heterocycles. The summed E-state index contributed by atoms with van der Waals surface area (Å²) >= 11 is 0. The van der Waals surface area contributed by atoms with Gasteiger partial charge in [0.05, 0.1) is 6.04 Å². The summed E-state index contributed by atoms with van der Waals surface area (Å²) in [6.45, 7) is 6.63. The molecular weight excluding hydrogens is 260 g/mol. The summed E-state index contributed by atoms with van der Waals surface area (Å²) in [6.07, 6.45) is 6.19. The van der Waals surface area contributed by atoms with Crippen molar-refractivity contribution in [1.82, 2.24) is 5.43 Å². The smallest absolute Gasteiger partial charge is 0.210 e. The van der Waals surface area contributed by atoms with Crippen molar-refractivity contribution in [3.05, 3.63) is 29.8 Å². The predicted molar refractivity (Wildman–Crippen MR) is 90.4 cm³/mol. The summed E-state index contributed by atoms with van der Waals surface area (Å²) in [7, 11) is 0. The monoisotopic (exact) mass is 288 g/mol. The summed E-state index contributed by atoms with van der Waals surface area (Å²) in [5.74, 6) is 6.32. The van der Waals surface area contributed by atoms with E-state index in [9.17, 15) is 0 Å². The fourth-order valence-electron chi connectivity index (χ4n) is 2.87. The van der Waals surface area contributed by atoms with Crippen LogP contribution >= 0.6 is 0 Å². The lowest BCUT2D eigenvalue weighted by molar-refractivity contribution is 0.442. The zero-order chi connectivity index (χ0) is 15.3. The molecule has 0 saturated heterocycles. The van der Waals surface area contributed by atoms with Gasteiger partial charge < -0.3 is 5.32 Å². The van der Waals surface area contributed by atoms with Crippen LogP contribution in [0.4, 0.5) is 5.69 Å². The van der Waals surface area contributed by atoms with Gasteiger partial charge in [-0.05, 0) is 29.9 Å². The minimum Gasteiger partial charge on any atom is -0.325 e. The molecule has 4 nitrogen and oxygen atoms in total. The fourth-order valence-corrected chi connectivity index (χ4v) is 2.87. The van der Waals surface area contributed by atoms with Crippen LogP contribution in [-0.2, 0) is 5.41 Å². The zero-order valence-electron chi connectivity index (χ0n) is 13.4. The van der Waals surface area contributed by atoms with Crippen molar-refractivity contribution >= 4 is 11.6 Å². The molecule has 116 valence electrons. The molecule has 0 unspecified atom stereocenters. The highest BCUT2D eigenvalue weighted by Gasteiger charge is 2.18. The van der Waals surface area contributed by atoms with Gasteiger partial charge in [0.2, 0.25) is 5.96 Å². The average Bonchev–Trinajstić information content (AvgIpc) is 2.47. The zero-order valence-corrected chi connectivity index (χ0v) is 13.4. The summed E-state index contributed by atoms with van der Waals surface area (Å²) in [5, 5.41) is 3.37. The second-order valence-corrected chi connectivity index (χ2v) is 6.83. The standard InChI is InChI=1S/C17H28N4/c1-17(2,3)14-11-7-8-12-15(14)20-16(21-18)19-13-9-5-4-6-10-13/h7-8,11-13H,4-6,9-10,18H2,1-3H3,(H2,19,20,21). The Morgan fingerprint density at radius 1 is 1.14 bits per heavy atom. The Bertz CT molecular complexity index is 482. The average molecular weight is 288 g/mol. The van der Waals surface area contributed by atoms with Crippen LogP contribution in [0.2, 0.25) is 0 Å². The molecule has 2 rings (SSSR count). The van der Waals surface area contributed by atoms with Crippen molar-refractivity contribution in [3.8, 4) is 0 Å². The number of anilines is 1. The number of para-hydroxylation sites is 1. The Hall–Kier alpha value is -1.55. The van der Waals surface area contributed by atoms with Crippen LogP contribution < -0.4 is 16.6 Å². The molecule has 21 heavy (non-hydrogen) atoms. The number of guanidine groups is 1. The van der Waals surface area contributed by atoms with Gasteiger partial charge in [0, 0.05) is 5.69 Å². The molecule has 0 radical (unpaired) electrons. The topological polar surface area (TPSA) is 62.4 Å². The van der Waals surface area contributed by atoms with Crippen molar-refractivity contribution in [2.75, 3.05) is 5.32 Å². The largest absolute Gasteiger partial charge is 0.325 e. The third-order valence-corrected chi connectivity index (χ3v) is 4.01. The number of benzene rings is 1. The maximum Gasteiger partial charge on any atom is 0.210 e. The molecule has 0 aromatic heterocycles. The number of hydrogen-bond acceptors (Lipinski definition) is 2. The van der Waals surface area contributed by atoms with Crippen molar-refractivity contribution in [2.24, 2.45) is 10.8 Å². The van der Waals surface area contributed by atoms with E-state index in [-0.39, 0.29) is 5.41 Å². The summed E-state index contributed by atoms with van der Waals surface area (Å²) in [4.78, 5) is 4.74. The van der Waals surface area contributed by atoms with E-state index in [2.05, 4.69) is 49.7 Å². The van der Waals surface area contributed by atoms with E-state index in [0.717, 1.165) is 18.5 Å². The van der Waals surface area contributed by atoms with E-state index in [1.165, 1.54) is 24.8 Å². The molecular formula is C17H28N4. The van der Waals surface area contributed by atoms with E-state index in [0.29, 0.717) is 12.0 Å². The van der Waals surface area contributed by atoms with Crippen LogP contribution in [0.15, 0.2) is 29.3 Å². The molecule has 4 heteroatoms. The Labute approximate surface area is 128 Å². The number of hydrogen-bond donors (Lipinski definition) is 3. The predicted octanol–water partition coefficient (Wildman–Crippen LogP) is 3.55. The van der Waals surface area contributed by atoms with E-state index >= 15 is 0 Å². The number of rotatable bonds is 2. The lowest BCUT2D eigenvalue weighted by Gasteiger charge is -2.24. The van der Waals surface area contributed by atoms with Crippen molar-refractivity contribution < 1.29 is 0 Å². The minimum absolute atomic E-state index is 0.0775. The highest BCUT2D eigenvalue weighted by atomic mass is 15.3. The minimum atomic E-state index is 0.0775. The highest BCUT2D eigenvalue weighted by molar-refractivity contribution is 5.94. The van der Waals surface area contributed by atoms with Gasteiger partial charge in [0.15, 0.2) is 0 Å². The quantitative estimate of drug-likeness (QED) is 0.337. The molecule has 0 atom stereocenters. The molecule has 1 aliphatic carbocycles. The molecule has 1 aromatic rings. The van der Waals surface area contributed by atoms with Crippen LogP contribution in [0.3, 0.4) is 0 Å². The van der Waals surface area contributed by atoms with Gasteiger partial charge in [-0.3, -0.25) is 5.43 Å². The number of nitrogens with zero attached hydrogens (tertiary/aromatic N) is 1. The lowest BCUT2D eigenvalue weighted by atomic mass is 9.86. The molecule has 1 fully saturated rings. The SMILES string of the molecule is CC(C)(C)c1ccccc1NC(=NC1CCCCC1)NN. The van der Waals surface area contributed by atoms with Crippen LogP contribution in [0.25, 0.3) is 0 Å². The number of nitrogens with one attached hydrogen (secondary N) is 2. The number of aliphatic imine (C=N–C) groups is 1. The first-order chi connectivity index (χ1) is 10.0. The summed E-state index contributed by atoms with van der Waals surface area (Å²) in [5.41, 5.74) is 5.12. The van der Waals surface area contributed by atoms with Gasteiger partial charge in [0.1, 0.15) is 0 Å². The molecule has 0 heterocycles. The van der Waals surface area contributed by atoms with E-state index in [1.54, 1.807) is 0 Å². The first-order valence-corrected chi connectivity index (χ1v) is 7.91. The van der Waals surface area contributed by atoms with Gasteiger partial charge in [-0.1, -0.05) is 58.2 Å². The second kappa shape index (κ2) is 6.94. The normalized spacial score (nSPS) is 17.6. The highest BCUT2D eigenvalue weighted by Crippen LogP contribution is 2.29. The van der Waals surface area contributed by atoms with Crippen LogP contribution in [-0.4, -0.2) is 12.0 Å². The Kier molecular flexibility index (Phi) is 5.23. The van der Waals surface area contributed by atoms with Gasteiger partial charge in [-0.25, -0.2) is 10.8 Å². The number of hydrazine groups is 1. The number of nitrogens with two attached hydrogens (primary N) is 1. The molecule has 0 bridgehead atoms. The van der Waals surface area contributed by atoms with Gasteiger partial charge in [-0.2, -0.15) is 0 Å². The molecule has 1 saturated carbocycles. The van der Waals surface area contributed by atoms with Crippen molar-refractivity contribution in [2.45, 2.75) is 64.3 Å². The molecule has 0 spiro atoms. The van der Waals surface area contributed by atoms with Crippen LogP contribution in [0.5, 0.6) is 0 Å². The Morgan fingerprint density at radius 3 is 2.43 bits per heavy atom. The maximum absolute atomic E-state index is 5.65. The van der Waals surface area contributed by atoms with Crippen molar-refractivity contribution in [1.29, 1.82) is 0 Å². The van der Waals surface area contributed by atoms with E-state index < -0.39 is 0 Å². The third kappa shape index (κ3) is 4.46. The van der Waals surface area contributed by atoms with Crippen molar-refractivity contribution in [3.63, 3.8) is 0 Å². The Balaban J connectivity index is 2.17. The first-order valence-electron chi connectivity index (χ1n) is 7.91. The van der Waals surface area contributed by atoms with Crippen LogP contribution in [0, 0.1) is 0 Å².